The van der Waals surface area contributed by atoms with Gasteiger partial charge in [-0.25, -0.2) is 8.42 Å². The molecule has 0 radical (unpaired) electrons. The molecule has 1 aromatic rings. The maximum absolute atomic E-state index is 12.6. The quantitative estimate of drug-likeness (QED) is 0.619. The number of aliphatic imine (C=N–C) groups is 1. The zero-order chi connectivity index (χ0) is 19.4. The normalized spacial score (nSPS) is 20.2. The Hall–Kier alpha value is -1.77. The summed E-state index contributed by atoms with van der Waals surface area (Å²) < 4.78 is 61.0. The van der Waals surface area contributed by atoms with Crippen LogP contribution in [-0.2, 0) is 22.6 Å². The molecule has 146 valence electrons. The average molecular weight is 391 g/mol. The van der Waals surface area contributed by atoms with E-state index in [9.17, 15) is 21.6 Å². The molecule has 0 aromatic heterocycles. The molecule has 1 aliphatic rings. The fourth-order valence-corrected chi connectivity index (χ4v) is 4.70. The van der Waals surface area contributed by atoms with Gasteiger partial charge < -0.3 is 10.2 Å². The summed E-state index contributed by atoms with van der Waals surface area (Å²) in [6.07, 6.45) is -3.73. The number of guanidine groups is 1. The van der Waals surface area contributed by atoms with Crippen molar-refractivity contribution in [3.63, 3.8) is 0 Å². The van der Waals surface area contributed by atoms with E-state index >= 15 is 0 Å². The highest BCUT2D eigenvalue weighted by molar-refractivity contribution is 7.91. The molecular weight excluding hydrogens is 367 g/mol. The van der Waals surface area contributed by atoms with Crippen molar-refractivity contribution >= 4 is 15.8 Å². The van der Waals surface area contributed by atoms with Crippen LogP contribution in [0.25, 0.3) is 0 Å². The maximum atomic E-state index is 12.6. The average Bonchev–Trinajstić information content (AvgIpc) is 2.90. The number of rotatable bonds is 5. The summed E-state index contributed by atoms with van der Waals surface area (Å²) in [6, 6.07) is 5.03. The van der Waals surface area contributed by atoms with E-state index in [2.05, 4.69) is 10.3 Å². The summed E-state index contributed by atoms with van der Waals surface area (Å²) in [7, 11) is -1.14. The van der Waals surface area contributed by atoms with Gasteiger partial charge in [0.05, 0.1) is 17.1 Å². The van der Waals surface area contributed by atoms with Crippen LogP contribution in [-0.4, -0.2) is 50.9 Å². The Bertz CT molecular complexity index is 731. The van der Waals surface area contributed by atoms with Gasteiger partial charge in [-0.15, -0.1) is 0 Å². The van der Waals surface area contributed by atoms with Gasteiger partial charge in [-0.2, -0.15) is 13.2 Å². The van der Waals surface area contributed by atoms with Gasteiger partial charge in [0.15, 0.2) is 15.8 Å². The minimum absolute atomic E-state index is 0.0214. The van der Waals surface area contributed by atoms with Gasteiger partial charge in [0.2, 0.25) is 0 Å². The van der Waals surface area contributed by atoms with Gasteiger partial charge in [-0.1, -0.05) is 12.1 Å². The molecule has 0 aliphatic carbocycles. The fourth-order valence-electron chi connectivity index (χ4n) is 2.85. The lowest BCUT2D eigenvalue weighted by Crippen LogP contribution is -2.38. The number of alkyl halides is 3. The van der Waals surface area contributed by atoms with Crippen LogP contribution in [0.1, 0.15) is 24.5 Å². The zero-order valence-corrected chi connectivity index (χ0v) is 15.7. The van der Waals surface area contributed by atoms with Crippen molar-refractivity contribution in [2.45, 2.75) is 26.1 Å². The minimum Gasteiger partial charge on any atom is -0.357 e. The van der Waals surface area contributed by atoms with Gasteiger partial charge in [0, 0.05) is 26.7 Å². The second kappa shape index (κ2) is 8.28. The fraction of sp³-hybridized carbons (Fsp3) is 0.588. The van der Waals surface area contributed by atoms with E-state index < -0.39 is 21.6 Å². The molecule has 1 atom stereocenters. The Balaban J connectivity index is 2.01. The van der Waals surface area contributed by atoms with E-state index in [1.54, 1.807) is 7.05 Å². The number of benzene rings is 1. The Kier molecular flexibility index (Phi) is 6.54. The number of sulfone groups is 1. The first kappa shape index (κ1) is 20.5. The van der Waals surface area contributed by atoms with E-state index in [4.69, 9.17) is 0 Å². The van der Waals surface area contributed by atoms with Crippen LogP contribution in [0.4, 0.5) is 13.2 Å². The third kappa shape index (κ3) is 5.89. The SMILES string of the molecule is CCNC(=NCC1CCS(=O)(=O)C1)N(C)Cc1ccc(C(F)(F)F)cc1. The molecule has 1 unspecified atom stereocenters. The molecule has 9 heteroatoms. The molecule has 5 nitrogen and oxygen atoms in total. The Morgan fingerprint density at radius 1 is 1.31 bits per heavy atom. The molecular formula is C17H24F3N3O2S. The molecule has 1 saturated heterocycles. The summed E-state index contributed by atoms with van der Waals surface area (Å²) in [4.78, 5) is 6.32. The van der Waals surface area contributed by atoms with E-state index in [1.807, 2.05) is 11.8 Å². The van der Waals surface area contributed by atoms with Crippen LogP contribution in [0.2, 0.25) is 0 Å². The third-order valence-corrected chi connectivity index (χ3v) is 6.06. The Morgan fingerprint density at radius 3 is 2.46 bits per heavy atom. The van der Waals surface area contributed by atoms with Gasteiger partial charge >= 0.3 is 6.18 Å². The molecule has 1 aromatic carbocycles. The van der Waals surface area contributed by atoms with Gasteiger partial charge in [0.1, 0.15) is 0 Å². The monoisotopic (exact) mass is 391 g/mol. The van der Waals surface area contributed by atoms with Crippen LogP contribution >= 0.6 is 0 Å². The topological polar surface area (TPSA) is 61.8 Å². The summed E-state index contributed by atoms with van der Waals surface area (Å²) in [5, 5.41) is 3.13. The number of hydrogen-bond donors (Lipinski definition) is 1. The van der Waals surface area contributed by atoms with Crippen molar-refractivity contribution in [2.75, 3.05) is 31.6 Å². The summed E-state index contributed by atoms with van der Waals surface area (Å²) >= 11 is 0. The van der Waals surface area contributed by atoms with Crippen LogP contribution in [0, 0.1) is 5.92 Å². The highest BCUT2D eigenvalue weighted by Crippen LogP contribution is 2.29. The summed E-state index contributed by atoms with van der Waals surface area (Å²) in [5.74, 6) is 1.01. The highest BCUT2D eigenvalue weighted by Gasteiger charge is 2.30. The summed E-state index contributed by atoms with van der Waals surface area (Å²) in [5.41, 5.74) is 0.0569. The molecule has 1 heterocycles. The number of nitrogens with one attached hydrogen (secondary N) is 1. The first-order valence-electron chi connectivity index (χ1n) is 8.46. The minimum atomic E-state index is -4.34. The molecule has 26 heavy (non-hydrogen) atoms. The second-order valence-corrected chi connectivity index (χ2v) is 8.74. The third-order valence-electron chi connectivity index (χ3n) is 4.22. The number of hydrogen-bond acceptors (Lipinski definition) is 3. The lowest BCUT2D eigenvalue weighted by molar-refractivity contribution is -0.137. The molecule has 0 spiro atoms. The van der Waals surface area contributed by atoms with E-state index in [0.29, 0.717) is 32.0 Å². The zero-order valence-electron chi connectivity index (χ0n) is 14.9. The molecule has 2 rings (SSSR count). The van der Waals surface area contributed by atoms with Crippen LogP contribution in [0.15, 0.2) is 29.3 Å². The first-order valence-corrected chi connectivity index (χ1v) is 10.3. The lowest BCUT2D eigenvalue weighted by atomic mass is 10.1. The van der Waals surface area contributed by atoms with Crippen molar-refractivity contribution in [3.05, 3.63) is 35.4 Å². The predicted octanol–water partition coefficient (Wildman–Crippen LogP) is 2.54. The Morgan fingerprint density at radius 2 is 1.96 bits per heavy atom. The first-order chi connectivity index (χ1) is 12.1. The van der Waals surface area contributed by atoms with Crippen molar-refractivity contribution in [1.82, 2.24) is 10.2 Å². The van der Waals surface area contributed by atoms with Crippen molar-refractivity contribution in [2.24, 2.45) is 10.9 Å². The van der Waals surface area contributed by atoms with Crippen LogP contribution in [0.3, 0.4) is 0 Å². The van der Waals surface area contributed by atoms with E-state index in [1.165, 1.54) is 12.1 Å². The number of halogens is 3. The molecule has 0 saturated carbocycles. The largest absolute Gasteiger partial charge is 0.416 e. The van der Waals surface area contributed by atoms with Gasteiger partial charge in [-0.05, 0) is 37.0 Å². The van der Waals surface area contributed by atoms with Crippen molar-refractivity contribution in [3.8, 4) is 0 Å². The van der Waals surface area contributed by atoms with Crippen molar-refractivity contribution in [1.29, 1.82) is 0 Å². The summed E-state index contributed by atoms with van der Waals surface area (Å²) in [6.45, 7) is 3.37. The lowest BCUT2D eigenvalue weighted by Gasteiger charge is -2.23. The molecule has 0 bridgehead atoms. The standard InChI is InChI=1S/C17H24F3N3O2S/c1-3-21-16(22-10-14-8-9-26(24,25)12-14)23(2)11-13-4-6-15(7-5-13)17(18,19)20/h4-7,14H,3,8-12H2,1-2H3,(H,21,22). The molecule has 1 N–H and O–H groups in total. The van der Waals surface area contributed by atoms with Gasteiger partial charge in [0.25, 0.3) is 0 Å². The van der Waals surface area contributed by atoms with Crippen LogP contribution < -0.4 is 5.32 Å². The Labute approximate surface area is 152 Å². The van der Waals surface area contributed by atoms with E-state index in [0.717, 1.165) is 17.7 Å². The smallest absolute Gasteiger partial charge is 0.357 e. The number of nitrogens with zero attached hydrogens (tertiary/aromatic N) is 2. The maximum Gasteiger partial charge on any atom is 0.416 e. The molecule has 1 aliphatic heterocycles. The predicted molar refractivity (Wildman–Crippen MR) is 95.7 cm³/mol. The highest BCUT2D eigenvalue weighted by atomic mass is 32.2. The second-order valence-electron chi connectivity index (χ2n) is 6.51. The molecule has 0 amide bonds. The van der Waals surface area contributed by atoms with Crippen LogP contribution in [0.5, 0.6) is 0 Å². The molecule has 1 fully saturated rings. The van der Waals surface area contributed by atoms with E-state index in [-0.39, 0.29) is 17.4 Å². The van der Waals surface area contributed by atoms with Crippen molar-refractivity contribution < 1.29 is 21.6 Å². The van der Waals surface area contributed by atoms with Gasteiger partial charge in [-0.3, -0.25) is 4.99 Å².